The van der Waals surface area contributed by atoms with E-state index in [-0.39, 0.29) is 18.0 Å². The Morgan fingerprint density at radius 3 is 2.40 bits per heavy atom. The minimum Gasteiger partial charge on any atom is -0.342 e. The Morgan fingerprint density at radius 2 is 1.90 bits per heavy atom. The van der Waals surface area contributed by atoms with E-state index < -0.39 is 0 Å². The maximum Gasteiger partial charge on any atom is 0.239 e. The van der Waals surface area contributed by atoms with Gasteiger partial charge < -0.3 is 4.90 Å². The Kier molecular flexibility index (Phi) is 6.75. The van der Waals surface area contributed by atoms with Gasteiger partial charge in [0.05, 0.1) is 18.5 Å². The fraction of sp³-hybridized carbons (Fsp3) is 0.500. The zero-order valence-corrected chi connectivity index (χ0v) is 12.5. The van der Waals surface area contributed by atoms with Gasteiger partial charge in [0.1, 0.15) is 0 Å². The van der Waals surface area contributed by atoms with Crippen LogP contribution in [0.25, 0.3) is 0 Å². The molecule has 0 aliphatic rings. The van der Waals surface area contributed by atoms with Gasteiger partial charge in [-0.15, -0.1) is 0 Å². The Bertz CT molecular complexity index is 449. The lowest BCUT2D eigenvalue weighted by Gasteiger charge is -2.26. The van der Waals surface area contributed by atoms with Crippen LogP contribution in [0, 0.1) is 11.3 Å². The number of amides is 1. The smallest absolute Gasteiger partial charge is 0.239 e. The molecule has 0 saturated carbocycles. The highest BCUT2D eigenvalue weighted by molar-refractivity contribution is 5.81. The van der Waals surface area contributed by atoms with Crippen LogP contribution in [0.1, 0.15) is 38.8 Å². The first-order valence-corrected chi connectivity index (χ1v) is 7.10. The Hall–Kier alpha value is -1.86. The van der Waals surface area contributed by atoms with E-state index in [9.17, 15) is 4.79 Å². The standard InChI is InChI=1S/C16H23N3O/c1-4-19(5-2)16(20)13(3)18-15(11-12-17)14-9-7-6-8-10-14/h6-10,13,15,18H,4-5,11H2,1-3H3. The number of nitrogens with one attached hydrogen (secondary N) is 1. The molecule has 0 saturated heterocycles. The van der Waals surface area contributed by atoms with E-state index in [1.807, 2.05) is 51.1 Å². The minimum atomic E-state index is -0.298. The number of carbonyl (C=O) groups excluding carboxylic acids is 1. The lowest BCUT2D eigenvalue weighted by Crippen LogP contribution is -2.45. The third kappa shape index (κ3) is 4.36. The number of carbonyl (C=O) groups is 1. The van der Waals surface area contributed by atoms with Crippen molar-refractivity contribution < 1.29 is 4.79 Å². The third-order valence-electron chi connectivity index (χ3n) is 3.39. The van der Waals surface area contributed by atoms with Gasteiger partial charge in [0.15, 0.2) is 0 Å². The maximum absolute atomic E-state index is 12.3. The lowest BCUT2D eigenvalue weighted by atomic mass is 10.0. The van der Waals surface area contributed by atoms with E-state index in [0.717, 1.165) is 5.56 Å². The van der Waals surface area contributed by atoms with E-state index in [1.165, 1.54) is 0 Å². The van der Waals surface area contributed by atoms with Crippen molar-refractivity contribution in [1.29, 1.82) is 5.26 Å². The average Bonchev–Trinajstić information content (AvgIpc) is 2.48. The summed E-state index contributed by atoms with van der Waals surface area (Å²) in [5, 5.41) is 12.2. The van der Waals surface area contributed by atoms with Gasteiger partial charge in [-0.05, 0) is 26.3 Å². The zero-order chi connectivity index (χ0) is 15.0. The molecule has 1 amide bonds. The molecular weight excluding hydrogens is 250 g/mol. The summed E-state index contributed by atoms with van der Waals surface area (Å²) in [5.74, 6) is 0.0777. The second-order valence-corrected chi connectivity index (χ2v) is 4.72. The number of likely N-dealkylation sites (N-methyl/N-ethyl adjacent to an activating group) is 1. The lowest BCUT2D eigenvalue weighted by molar-refractivity contribution is -0.132. The summed E-state index contributed by atoms with van der Waals surface area (Å²) in [6.45, 7) is 7.20. The van der Waals surface area contributed by atoms with Crippen molar-refractivity contribution in [1.82, 2.24) is 10.2 Å². The zero-order valence-electron chi connectivity index (χ0n) is 12.5. The predicted molar refractivity (Wildman–Crippen MR) is 79.9 cm³/mol. The van der Waals surface area contributed by atoms with Crippen LogP contribution in [-0.2, 0) is 4.79 Å². The third-order valence-corrected chi connectivity index (χ3v) is 3.39. The Labute approximate surface area is 121 Å². The summed E-state index contributed by atoms with van der Waals surface area (Å²) in [7, 11) is 0. The predicted octanol–water partition coefficient (Wildman–Crippen LogP) is 2.49. The van der Waals surface area contributed by atoms with E-state index >= 15 is 0 Å². The second kappa shape index (κ2) is 8.34. The number of nitrogens with zero attached hydrogens (tertiary/aromatic N) is 2. The van der Waals surface area contributed by atoms with Gasteiger partial charge in [-0.1, -0.05) is 30.3 Å². The molecule has 0 aliphatic heterocycles. The van der Waals surface area contributed by atoms with E-state index in [0.29, 0.717) is 19.5 Å². The van der Waals surface area contributed by atoms with Gasteiger partial charge in [-0.3, -0.25) is 10.1 Å². The molecule has 1 N–H and O–H groups in total. The topological polar surface area (TPSA) is 56.1 Å². The van der Waals surface area contributed by atoms with Crippen molar-refractivity contribution in [3.8, 4) is 6.07 Å². The van der Waals surface area contributed by atoms with Crippen LogP contribution in [0.15, 0.2) is 30.3 Å². The summed E-state index contributed by atoms with van der Waals surface area (Å²) in [4.78, 5) is 14.1. The monoisotopic (exact) mass is 273 g/mol. The van der Waals surface area contributed by atoms with Crippen LogP contribution in [-0.4, -0.2) is 29.9 Å². The Balaban J connectivity index is 2.76. The van der Waals surface area contributed by atoms with Gasteiger partial charge in [-0.2, -0.15) is 5.26 Å². The van der Waals surface area contributed by atoms with Crippen molar-refractivity contribution >= 4 is 5.91 Å². The molecule has 1 rings (SSSR count). The molecule has 4 heteroatoms. The van der Waals surface area contributed by atoms with Crippen molar-refractivity contribution in [2.75, 3.05) is 13.1 Å². The molecule has 2 atom stereocenters. The number of nitriles is 1. The summed E-state index contributed by atoms with van der Waals surface area (Å²) < 4.78 is 0. The average molecular weight is 273 g/mol. The van der Waals surface area contributed by atoms with Crippen LogP contribution >= 0.6 is 0 Å². The first-order chi connectivity index (χ1) is 9.63. The summed E-state index contributed by atoms with van der Waals surface area (Å²) in [6.07, 6.45) is 0.347. The molecule has 108 valence electrons. The molecular formula is C16H23N3O. The molecule has 4 nitrogen and oxygen atoms in total. The molecule has 0 radical (unpaired) electrons. The molecule has 0 heterocycles. The minimum absolute atomic E-state index is 0.0777. The van der Waals surface area contributed by atoms with Crippen LogP contribution < -0.4 is 5.32 Å². The quantitative estimate of drug-likeness (QED) is 0.830. The number of rotatable bonds is 7. The first kappa shape index (κ1) is 16.2. The second-order valence-electron chi connectivity index (χ2n) is 4.72. The fourth-order valence-corrected chi connectivity index (χ4v) is 2.23. The molecule has 0 spiro atoms. The molecule has 0 aliphatic carbocycles. The normalized spacial score (nSPS) is 13.3. The first-order valence-electron chi connectivity index (χ1n) is 7.10. The van der Waals surface area contributed by atoms with Crippen LogP contribution in [0.4, 0.5) is 0 Å². The summed E-state index contributed by atoms with van der Waals surface area (Å²) in [6, 6.07) is 11.5. The highest BCUT2D eigenvalue weighted by Gasteiger charge is 2.21. The van der Waals surface area contributed by atoms with Crippen molar-refractivity contribution in [3.05, 3.63) is 35.9 Å². The number of hydrogen-bond donors (Lipinski definition) is 1. The molecule has 1 aromatic carbocycles. The van der Waals surface area contributed by atoms with Crippen molar-refractivity contribution in [2.45, 2.75) is 39.3 Å². The number of hydrogen-bond acceptors (Lipinski definition) is 3. The largest absolute Gasteiger partial charge is 0.342 e. The summed E-state index contributed by atoms with van der Waals surface area (Å²) >= 11 is 0. The van der Waals surface area contributed by atoms with E-state index in [2.05, 4.69) is 11.4 Å². The highest BCUT2D eigenvalue weighted by Crippen LogP contribution is 2.17. The van der Waals surface area contributed by atoms with E-state index in [4.69, 9.17) is 5.26 Å². The van der Waals surface area contributed by atoms with Crippen LogP contribution in [0.3, 0.4) is 0 Å². The van der Waals surface area contributed by atoms with Gasteiger partial charge in [0, 0.05) is 19.1 Å². The van der Waals surface area contributed by atoms with Gasteiger partial charge in [0.2, 0.25) is 5.91 Å². The van der Waals surface area contributed by atoms with Gasteiger partial charge in [-0.25, -0.2) is 0 Å². The van der Waals surface area contributed by atoms with Crippen molar-refractivity contribution in [2.24, 2.45) is 0 Å². The molecule has 0 aromatic heterocycles. The van der Waals surface area contributed by atoms with Crippen LogP contribution in [0.5, 0.6) is 0 Å². The molecule has 1 aromatic rings. The molecule has 0 fully saturated rings. The van der Waals surface area contributed by atoms with Crippen LogP contribution in [0.2, 0.25) is 0 Å². The van der Waals surface area contributed by atoms with Gasteiger partial charge >= 0.3 is 0 Å². The summed E-state index contributed by atoms with van der Waals surface area (Å²) in [5.41, 5.74) is 1.04. The molecule has 2 unspecified atom stereocenters. The maximum atomic E-state index is 12.3. The Morgan fingerprint density at radius 1 is 1.30 bits per heavy atom. The van der Waals surface area contributed by atoms with E-state index in [1.54, 1.807) is 4.90 Å². The van der Waals surface area contributed by atoms with Crippen molar-refractivity contribution in [3.63, 3.8) is 0 Å². The SMILES string of the molecule is CCN(CC)C(=O)C(C)NC(CC#N)c1ccccc1. The van der Waals surface area contributed by atoms with Gasteiger partial charge in [0.25, 0.3) is 0 Å². The molecule has 20 heavy (non-hydrogen) atoms. The highest BCUT2D eigenvalue weighted by atomic mass is 16.2. The number of benzene rings is 1. The fourth-order valence-electron chi connectivity index (χ4n) is 2.23. The molecule has 0 bridgehead atoms.